The van der Waals surface area contributed by atoms with E-state index in [0.29, 0.717) is 0 Å². The maximum Gasteiger partial charge on any atom is 0.173 e. The third-order valence-electron chi connectivity index (χ3n) is 0. The number of hydrogen-bond acceptors (Lipinski definition) is 2. The zero-order valence-corrected chi connectivity index (χ0v) is 3.59. The second-order valence-electron chi connectivity index (χ2n) is 0.129. The summed E-state index contributed by atoms with van der Waals surface area (Å²) >= 11 is 0. The minimum Gasteiger partial charge on any atom is -0.337 e. The summed E-state index contributed by atoms with van der Waals surface area (Å²) in [6, 6.07) is 0. The van der Waals surface area contributed by atoms with Gasteiger partial charge in [0.05, 0.1) is 0 Å². The van der Waals surface area contributed by atoms with Crippen molar-refractivity contribution >= 4 is 0 Å². The molecule has 0 atom stereocenters. The van der Waals surface area contributed by atoms with Crippen LogP contribution in [0.5, 0.6) is 0 Å². The summed E-state index contributed by atoms with van der Waals surface area (Å²) < 4.78 is 0. The summed E-state index contributed by atoms with van der Waals surface area (Å²) in [5.74, 6) is 0. The van der Waals surface area contributed by atoms with Crippen molar-refractivity contribution in [1.82, 2.24) is 0 Å². The van der Waals surface area contributed by atoms with Gasteiger partial charge < -0.3 is 5.73 Å². The van der Waals surface area contributed by atoms with Gasteiger partial charge in [-0.1, -0.05) is 0 Å². The van der Waals surface area contributed by atoms with Crippen molar-refractivity contribution in [2.45, 2.75) is 0 Å². The molecular weight excluding hydrogens is 87.9 g/mol. The summed E-state index contributed by atoms with van der Waals surface area (Å²) in [4.78, 5) is 0. The van der Waals surface area contributed by atoms with E-state index in [2.05, 4.69) is 5.73 Å². The van der Waals surface area contributed by atoms with E-state index in [-0.39, 0.29) is 21.7 Å². The minimum absolute atomic E-state index is 0. The fourth-order valence-electron chi connectivity index (χ4n) is 0. The molecule has 0 aromatic carbocycles. The molecule has 2 N–H and O–H groups in total. The molecule has 0 radical (unpaired) electrons. The molecule has 0 spiro atoms. The maximum atomic E-state index is 7.10. The molecule has 0 aliphatic heterocycles. The first-order valence-corrected chi connectivity index (χ1v) is 0.512. The van der Waals surface area contributed by atoms with Gasteiger partial charge in [0.1, 0.15) is 0 Å². The molecule has 0 rings (SSSR count). The van der Waals surface area contributed by atoms with Crippen molar-refractivity contribution in [2.75, 3.05) is 0 Å². The summed E-state index contributed by atoms with van der Waals surface area (Å²) in [7, 11) is 0. The van der Waals surface area contributed by atoms with Gasteiger partial charge in [0.25, 0.3) is 0 Å². The van der Waals surface area contributed by atoms with Gasteiger partial charge in [-0.25, -0.2) is 0 Å². The average Bonchev–Trinajstić information content (AvgIpc) is 0.918. The van der Waals surface area contributed by atoms with Crippen molar-refractivity contribution in [3.8, 4) is 6.19 Å². The minimum atomic E-state index is 0. The molecule has 0 unspecified atom stereocenters. The van der Waals surface area contributed by atoms with Gasteiger partial charge in [-0.15, -0.1) is 0 Å². The molecule has 0 aromatic rings. The predicted molar refractivity (Wildman–Crippen MR) is 9.80 cm³/mol. The number of nitrogens with two attached hydrogens (primary N) is 1. The average molecular weight is 89.9 g/mol. The first-order valence-electron chi connectivity index (χ1n) is 0.512. The van der Waals surface area contributed by atoms with Crippen LogP contribution in [0.1, 0.15) is 0 Å². The molecule has 4 heavy (non-hydrogen) atoms. The summed E-state index contributed by atoms with van der Waals surface area (Å²) in [5.41, 5.74) is 4.15. The molecule has 3 heteroatoms. The number of rotatable bonds is 0. The zero-order valence-electron chi connectivity index (χ0n) is 2.02. The van der Waals surface area contributed by atoms with E-state index in [1.807, 2.05) is 0 Å². The molecule has 0 bridgehead atoms. The normalized spacial score (nSPS) is 1.75. The van der Waals surface area contributed by atoms with E-state index in [0.717, 1.165) is 0 Å². The quantitative estimate of drug-likeness (QED) is 0.246. The van der Waals surface area contributed by atoms with Gasteiger partial charge in [0, 0.05) is 21.7 Å². The number of nitrogens with zero attached hydrogens (tertiary/aromatic N) is 1. The van der Waals surface area contributed by atoms with Crippen LogP contribution >= 0.6 is 0 Å². The van der Waals surface area contributed by atoms with Crippen molar-refractivity contribution in [1.29, 1.82) is 5.26 Å². The maximum absolute atomic E-state index is 7.10. The predicted octanol–water partition coefficient (Wildman–Crippen LogP) is -0.576. The van der Waals surface area contributed by atoms with Crippen molar-refractivity contribution < 1.29 is 21.7 Å². The second-order valence-corrected chi connectivity index (χ2v) is 0.129. The molecule has 0 aliphatic carbocycles. The van der Waals surface area contributed by atoms with Crippen LogP contribution in [0.2, 0.25) is 0 Å². The Balaban J connectivity index is 0. The fraction of sp³-hybridized carbons (Fsp3) is 0. The van der Waals surface area contributed by atoms with Crippen LogP contribution < -0.4 is 5.73 Å². The smallest absolute Gasteiger partial charge is 0.173 e. The number of nitriles is 1. The Morgan fingerprint density at radius 2 is 1.75 bits per heavy atom. The molecule has 0 saturated heterocycles. The van der Waals surface area contributed by atoms with Crippen LogP contribution in [0.15, 0.2) is 0 Å². The standard InChI is InChI=1S/CH2N2.Ti/c2-1-3;/h2H2;. The first kappa shape index (κ1) is 9.00. The Labute approximate surface area is 39.5 Å². The third-order valence-corrected chi connectivity index (χ3v) is 0. The van der Waals surface area contributed by atoms with Crippen LogP contribution in [-0.4, -0.2) is 0 Å². The SMILES string of the molecule is N#CN.[Ti]. The summed E-state index contributed by atoms with van der Waals surface area (Å²) in [6.07, 6.45) is 1.25. The topological polar surface area (TPSA) is 49.8 Å². The Bertz CT molecular complexity index is 27.5. The first-order chi connectivity index (χ1) is 1.41. The Hall–Kier alpha value is 0.00429. The van der Waals surface area contributed by atoms with Crippen molar-refractivity contribution in [3.63, 3.8) is 0 Å². The van der Waals surface area contributed by atoms with Gasteiger partial charge in [-0.2, -0.15) is 5.26 Å². The molecule has 2 nitrogen and oxygen atoms in total. The Kier molecular flexibility index (Phi) is 26.9. The molecule has 0 amide bonds. The van der Waals surface area contributed by atoms with Crippen molar-refractivity contribution in [2.24, 2.45) is 5.73 Å². The van der Waals surface area contributed by atoms with E-state index in [4.69, 9.17) is 5.26 Å². The monoisotopic (exact) mass is 90.0 g/mol. The third kappa shape index (κ3) is 110000. The van der Waals surface area contributed by atoms with Gasteiger partial charge in [-0.05, 0) is 0 Å². The van der Waals surface area contributed by atoms with Crippen LogP contribution in [0.4, 0.5) is 0 Å². The van der Waals surface area contributed by atoms with Gasteiger partial charge in [-0.3, -0.25) is 0 Å². The van der Waals surface area contributed by atoms with Gasteiger partial charge in [0.15, 0.2) is 6.19 Å². The summed E-state index contributed by atoms with van der Waals surface area (Å²) in [6.45, 7) is 0. The van der Waals surface area contributed by atoms with E-state index < -0.39 is 0 Å². The van der Waals surface area contributed by atoms with E-state index in [1.165, 1.54) is 6.19 Å². The van der Waals surface area contributed by atoms with Crippen LogP contribution in [0.25, 0.3) is 0 Å². The van der Waals surface area contributed by atoms with E-state index in [9.17, 15) is 0 Å². The Morgan fingerprint density at radius 3 is 1.75 bits per heavy atom. The zero-order chi connectivity index (χ0) is 2.71. The number of hydrogen-bond donors (Lipinski definition) is 1. The molecule has 0 aromatic heterocycles. The van der Waals surface area contributed by atoms with Crippen LogP contribution in [0.3, 0.4) is 0 Å². The fourth-order valence-corrected chi connectivity index (χ4v) is 0. The summed E-state index contributed by atoms with van der Waals surface area (Å²) in [5, 5.41) is 7.10. The molecule has 0 fully saturated rings. The largest absolute Gasteiger partial charge is 0.337 e. The van der Waals surface area contributed by atoms with E-state index >= 15 is 0 Å². The molecule has 0 saturated carbocycles. The van der Waals surface area contributed by atoms with Gasteiger partial charge >= 0.3 is 0 Å². The molecular formula is CH2N2Ti. The molecule has 20 valence electrons. The van der Waals surface area contributed by atoms with Crippen molar-refractivity contribution in [3.05, 3.63) is 0 Å². The Morgan fingerprint density at radius 1 is 1.75 bits per heavy atom. The molecule has 0 heterocycles. The molecule has 0 aliphatic rings. The van der Waals surface area contributed by atoms with E-state index in [1.54, 1.807) is 0 Å². The second kappa shape index (κ2) is 12.0. The van der Waals surface area contributed by atoms with Crippen LogP contribution in [-0.2, 0) is 21.7 Å². The van der Waals surface area contributed by atoms with Crippen LogP contribution in [0, 0.1) is 11.5 Å². The van der Waals surface area contributed by atoms with Gasteiger partial charge in [0.2, 0.25) is 0 Å².